The molecule has 0 aromatic heterocycles. The number of rotatable bonds is 2. The van der Waals surface area contributed by atoms with Crippen molar-refractivity contribution in [1.82, 2.24) is 0 Å². The lowest BCUT2D eigenvalue weighted by Gasteiger charge is -2.00. The summed E-state index contributed by atoms with van der Waals surface area (Å²) in [7, 11) is 0. The summed E-state index contributed by atoms with van der Waals surface area (Å²) < 4.78 is 0. The summed E-state index contributed by atoms with van der Waals surface area (Å²) in [6.07, 6.45) is 5.24. The first kappa shape index (κ1) is 9.56. The van der Waals surface area contributed by atoms with Crippen LogP contribution in [0.5, 0.6) is 0 Å². The van der Waals surface area contributed by atoms with Crippen molar-refractivity contribution in [3.63, 3.8) is 0 Å². The van der Waals surface area contributed by atoms with Crippen LogP contribution in [0.4, 0.5) is 5.69 Å². The number of nitro benzene ring substituents is 1. The van der Waals surface area contributed by atoms with E-state index in [0.717, 1.165) is 0 Å². The van der Waals surface area contributed by atoms with Gasteiger partial charge in [0.05, 0.1) is 15.5 Å². The number of halogens is 1. The van der Waals surface area contributed by atoms with Gasteiger partial charge < -0.3 is 0 Å². The van der Waals surface area contributed by atoms with Crippen LogP contribution in [-0.2, 0) is 6.42 Å². The van der Waals surface area contributed by atoms with E-state index in [9.17, 15) is 10.1 Å². The molecule has 0 atom stereocenters. The lowest BCUT2D eigenvalue weighted by atomic mass is 10.1. The molecule has 0 aliphatic rings. The third-order valence-corrected chi connectivity index (χ3v) is 1.92. The number of benzene rings is 1. The van der Waals surface area contributed by atoms with Crippen molar-refractivity contribution in [1.29, 1.82) is 0 Å². The first-order valence-corrected chi connectivity index (χ1v) is 3.90. The Kier molecular flexibility index (Phi) is 2.88. The summed E-state index contributed by atoms with van der Waals surface area (Å²) in [5, 5.41) is 10.9. The molecule has 66 valence electrons. The molecule has 0 saturated carbocycles. The van der Waals surface area contributed by atoms with E-state index in [1.807, 2.05) is 0 Å². The zero-order valence-electron chi connectivity index (χ0n) is 6.66. The highest BCUT2D eigenvalue weighted by Gasteiger charge is 2.14. The molecule has 0 fully saturated rings. The molecule has 1 aromatic rings. The molecule has 0 heterocycles. The van der Waals surface area contributed by atoms with Crippen molar-refractivity contribution in [3.05, 3.63) is 38.9 Å². The number of terminal acetylenes is 1. The summed E-state index contributed by atoms with van der Waals surface area (Å²) >= 11 is 5.75. The molecule has 0 N–H and O–H groups in total. The van der Waals surface area contributed by atoms with Crippen LogP contribution in [0.15, 0.2) is 18.2 Å². The van der Waals surface area contributed by atoms with Gasteiger partial charge in [0.15, 0.2) is 0 Å². The maximum atomic E-state index is 10.5. The molecule has 0 radical (unpaired) electrons. The van der Waals surface area contributed by atoms with Gasteiger partial charge in [-0.15, -0.1) is 12.3 Å². The minimum absolute atomic E-state index is 0.0227. The summed E-state index contributed by atoms with van der Waals surface area (Å²) in [6.45, 7) is 0. The van der Waals surface area contributed by atoms with Gasteiger partial charge in [-0.3, -0.25) is 10.1 Å². The first-order valence-electron chi connectivity index (χ1n) is 3.52. The van der Waals surface area contributed by atoms with Crippen LogP contribution in [0.1, 0.15) is 5.56 Å². The average Bonchev–Trinajstić information content (AvgIpc) is 2.08. The monoisotopic (exact) mass is 195 g/mol. The van der Waals surface area contributed by atoms with Crippen molar-refractivity contribution >= 4 is 17.3 Å². The molecule has 0 spiro atoms. The van der Waals surface area contributed by atoms with Crippen molar-refractivity contribution < 1.29 is 4.92 Å². The van der Waals surface area contributed by atoms with Crippen molar-refractivity contribution in [2.75, 3.05) is 0 Å². The first-order chi connectivity index (χ1) is 6.16. The van der Waals surface area contributed by atoms with Gasteiger partial charge in [0.25, 0.3) is 5.69 Å². The van der Waals surface area contributed by atoms with Crippen LogP contribution in [0.25, 0.3) is 0 Å². The average molecular weight is 196 g/mol. The highest BCUT2D eigenvalue weighted by molar-refractivity contribution is 6.31. The van der Waals surface area contributed by atoms with Gasteiger partial charge in [-0.25, -0.2) is 0 Å². The molecule has 0 amide bonds. The van der Waals surface area contributed by atoms with Gasteiger partial charge in [-0.2, -0.15) is 0 Å². The normalized spacial score (nSPS) is 9.23. The molecule has 0 aliphatic heterocycles. The van der Waals surface area contributed by atoms with Crippen LogP contribution in [0, 0.1) is 22.5 Å². The molecular weight excluding hydrogens is 190 g/mol. The maximum Gasteiger partial charge on any atom is 0.275 e. The van der Waals surface area contributed by atoms with E-state index in [2.05, 4.69) is 5.92 Å². The van der Waals surface area contributed by atoms with Crippen LogP contribution >= 0.6 is 11.6 Å². The minimum atomic E-state index is -0.488. The molecule has 0 aliphatic carbocycles. The van der Waals surface area contributed by atoms with Gasteiger partial charge >= 0.3 is 0 Å². The Bertz CT molecular complexity index is 382. The predicted molar refractivity (Wildman–Crippen MR) is 50.6 cm³/mol. The molecule has 0 bridgehead atoms. The zero-order valence-corrected chi connectivity index (χ0v) is 7.41. The zero-order chi connectivity index (χ0) is 9.84. The highest BCUT2D eigenvalue weighted by Crippen LogP contribution is 2.26. The van der Waals surface area contributed by atoms with E-state index in [-0.39, 0.29) is 12.1 Å². The van der Waals surface area contributed by atoms with Crippen molar-refractivity contribution in [3.8, 4) is 12.3 Å². The van der Waals surface area contributed by atoms with Gasteiger partial charge in [-0.1, -0.05) is 17.7 Å². The predicted octanol–water partition coefficient (Wildman–Crippen LogP) is 2.42. The maximum absolute atomic E-state index is 10.5. The van der Waals surface area contributed by atoms with Crippen LogP contribution < -0.4 is 0 Å². The molecule has 0 saturated heterocycles. The van der Waals surface area contributed by atoms with E-state index < -0.39 is 4.92 Å². The third-order valence-electron chi connectivity index (χ3n) is 1.57. The Morgan fingerprint density at radius 2 is 2.31 bits per heavy atom. The summed E-state index contributed by atoms with van der Waals surface area (Å²) in [5.41, 5.74) is 0.377. The van der Waals surface area contributed by atoms with Crippen LogP contribution in [-0.4, -0.2) is 4.92 Å². The topological polar surface area (TPSA) is 43.1 Å². The smallest absolute Gasteiger partial charge is 0.258 e. The van der Waals surface area contributed by atoms with Gasteiger partial charge in [0.2, 0.25) is 0 Å². The van der Waals surface area contributed by atoms with Crippen molar-refractivity contribution in [2.45, 2.75) is 6.42 Å². The Morgan fingerprint density at radius 3 is 2.85 bits per heavy atom. The SMILES string of the molecule is C#CCc1c(Cl)cccc1[N+](=O)[O-]. The molecular formula is C9H6ClNO2. The van der Waals surface area contributed by atoms with Crippen LogP contribution in [0.2, 0.25) is 5.02 Å². The minimum Gasteiger partial charge on any atom is -0.258 e. The van der Waals surface area contributed by atoms with E-state index in [1.54, 1.807) is 6.07 Å². The molecule has 1 rings (SSSR count). The quantitative estimate of drug-likeness (QED) is 0.413. The second-order valence-corrected chi connectivity index (χ2v) is 2.78. The largest absolute Gasteiger partial charge is 0.275 e. The summed E-state index contributed by atoms with van der Waals surface area (Å²) in [4.78, 5) is 10.0. The Labute approximate surface area is 80.5 Å². The van der Waals surface area contributed by atoms with E-state index in [0.29, 0.717) is 10.6 Å². The highest BCUT2D eigenvalue weighted by atomic mass is 35.5. The molecule has 4 heteroatoms. The Morgan fingerprint density at radius 1 is 1.62 bits per heavy atom. The van der Waals surface area contributed by atoms with E-state index in [4.69, 9.17) is 18.0 Å². The number of hydrogen-bond acceptors (Lipinski definition) is 2. The number of nitro groups is 1. The molecule has 1 aromatic carbocycles. The van der Waals surface area contributed by atoms with Gasteiger partial charge in [0.1, 0.15) is 0 Å². The fourth-order valence-electron chi connectivity index (χ4n) is 0.995. The van der Waals surface area contributed by atoms with Crippen molar-refractivity contribution in [2.24, 2.45) is 0 Å². The fraction of sp³-hybridized carbons (Fsp3) is 0.111. The number of nitrogens with zero attached hydrogens (tertiary/aromatic N) is 1. The Hall–Kier alpha value is -1.53. The second-order valence-electron chi connectivity index (χ2n) is 2.38. The van der Waals surface area contributed by atoms with E-state index in [1.165, 1.54) is 12.1 Å². The Balaban J connectivity index is 3.27. The van der Waals surface area contributed by atoms with Gasteiger partial charge in [-0.05, 0) is 6.07 Å². The standard InChI is InChI=1S/C9H6ClNO2/c1-2-4-7-8(10)5-3-6-9(7)11(12)13/h1,3,5-6H,4H2. The lowest BCUT2D eigenvalue weighted by Crippen LogP contribution is -1.95. The summed E-state index contributed by atoms with van der Waals surface area (Å²) in [5.74, 6) is 2.33. The molecule has 0 unspecified atom stereocenters. The lowest BCUT2D eigenvalue weighted by molar-refractivity contribution is -0.385. The second kappa shape index (κ2) is 3.92. The van der Waals surface area contributed by atoms with E-state index >= 15 is 0 Å². The molecule has 3 nitrogen and oxygen atoms in total. The fourth-order valence-corrected chi connectivity index (χ4v) is 1.23. The van der Waals surface area contributed by atoms with Gasteiger partial charge in [0, 0.05) is 12.5 Å². The third kappa shape index (κ3) is 1.98. The number of hydrogen-bond donors (Lipinski definition) is 0. The van der Waals surface area contributed by atoms with Crippen LogP contribution in [0.3, 0.4) is 0 Å². The molecule has 13 heavy (non-hydrogen) atoms. The summed E-state index contributed by atoms with van der Waals surface area (Å²) in [6, 6.07) is 4.50.